The van der Waals surface area contributed by atoms with E-state index in [9.17, 15) is 0 Å². The van der Waals surface area contributed by atoms with Crippen LogP contribution in [0.5, 0.6) is 0 Å². The SMILES string of the molecule is CCC(C)[C](Cc1ccccc1)c1ccccc1C(C)C. The fourth-order valence-electron chi connectivity index (χ4n) is 2.89. The zero-order chi connectivity index (χ0) is 15.2. The highest BCUT2D eigenvalue weighted by atomic mass is 14.3. The summed E-state index contributed by atoms with van der Waals surface area (Å²) >= 11 is 0. The van der Waals surface area contributed by atoms with Crippen molar-refractivity contribution in [3.63, 3.8) is 0 Å². The van der Waals surface area contributed by atoms with Crippen molar-refractivity contribution in [2.24, 2.45) is 5.92 Å². The van der Waals surface area contributed by atoms with Crippen LogP contribution in [0.15, 0.2) is 54.6 Å². The standard InChI is InChI=1S/C21H27/c1-5-17(4)21(15-18-11-7-6-8-12-18)20-14-10-9-13-19(20)16(2)3/h6-14,16-17H,5,15H2,1-4H3. The maximum atomic E-state index is 2.36. The molecule has 0 aliphatic carbocycles. The van der Waals surface area contributed by atoms with Gasteiger partial charge in [0.15, 0.2) is 0 Å². The Morgan fingerprint density at radius 3 is 2.10 bits per heavy atom. The van der Waals surface area contributed by atoms with Crippen molar-refractivity contribution in [1.82, 2.24) is 0 Å². The zero-order valence-electron chi connectivity index (χ0n) is 13.8. The van der Waals surface area contributed by atoms with Crippen molar-refractivity contribution >= 4 is 0 Å². The van der Waals surface area contributed by atoms with E-state index in [1.165, 1.54) is 23.1 Å². The van der Waals surface area contributed by atoms with Crippen LogP contribution in [0.3, 0.4) is 0 Å². The van der Waals surface area contributed by atoms with Crippen LogP contribution in [-0.4, -0.2) is 0 Å². The highest BCUT2D eigenvalue weighted by Gasteiger charge is 2.22. The molecule has 0 fully saturated rings. The Labute approximate surface area is 130 Å². The van der Waals surface area contributed by atoms with Crippen LogP contribution in [-0.2, 0) is 6.42 Å². The van der Waals surface area contributed by atoms with Gasteiger partial charge in [0.2, 0.25) is 0 Å². The van der Waals surface area contributed by atoms with Crippen molar-refractivity contribution in [3.05, 3.63) is 77.2 Å². The molecule has 0 aromatic heterocycles. The topological polar surface area (TPSA) is 0 Å². The molecule has 0 amide bonds. The Kier molecular flexibility index (Phi) is 5.61. The summed E-state index contributed by atoms with van der Waals surface area (Å²) in [6.07, 6.45) is 2.24. The highest BCUT2D eigenvalue weighted by molar-refractivity contribution is 5.43. The average Bonchev–Trinajstić information content (AvgIpc) is 2.53. The first-order valence-electron chi connectivity index (χ1n) is 8.12. The van der Waals surface area contributed by atoms with Gasteiger partial charge in [-0.1, -0.05) is 88.7 Å². The van der Waals surface area contributed by atoms with Gasteiger partial charge in [0.05, 0.1) is 0 Å². The Bertz CT molecular complexity index is 539. The van der Waals surface area contributed by atoms with Gasteiger partial charge in [0.25, 0.3) is 0 Å². The molecule has 0 spiro atoms. The Balaban J connectivity index is 2.37. The minimum Gasteiger partial charge on any atom is -0.0651 e. The Morgan fingerprint density at radius 2 is 1.48 bits per heavy atom. The predicted molar refractivity (Wildman–Crippen MR) is 92.5 cm³/mol. The predicted octanol–water partition coefficient (Wildman–Crippen LogP) is 6.02. The first-order valence-corrected chi connectivity index (χ1v) is 8.12. The highest BCUT2D eigenvalue weighted by Crippen LogP contribution is 2.34. The molecule has 1 atom stereocenters. The quantitative estimate of drug-likeness (QED) is 0.606. The van der Waals surface area contributed by atoms with E-state index in [0.29, 0.717) is 11.8 Å². The summed E-state index contributed by atoms with van der Waals surface area (Å²) in [5.74, 6) is 2.76. The molecular formula is C21H27. The van der Waals surface area contributed by atoms with Gasteiger partial charge < -0.3 is 0 Å². The first kappa shape index (κ1) is 15.8. The minimum atomic E-state index is 0.566. The second-order valence-corrected chi connectivity index (χ2v) is 6.24. The number of benzene rings is 2. The van der Waals surface area contributed by atoms with Crippen molar-refractivity contribution in [2.75, 3.05) is 0 Å². The molecule has 21 heavy (non-hydrogen) atoms. The maximum Gasteiger partial charge on any atom is 0.0124 e. The molecule has 0 bridgehead atoms. The smallest absolute Gasteiger partial charge is 0.0124 e. The fraction of sp³-hybridized carbons (Fsp3) is 0.381. The van der Waals surface area contributed by atoms with Crippen LogP contribution in [0.4, 0.5) is 0 Å². The molecule has 2 aromatic carbocycles. The van der Waals surface area contributed by atoms with E-state index >= 15 is 0 Å². The van der Waals surface area contributed by atoms with Gasteiger partial charge in [0, 0.05) is 5.92 Å². The van der Waals surface area contributed by atoms with E-state index in [-0.39, 0.29) is 0 Å². The Hall–Kier alpha value is -1.56. The molecular weight excluding hydrogens is 252 g/mol. The van der Waals surface area contributed by atoms with Crippen LogP contribution >= 0.6 is 0 Å². The third-order valence-electron chi connectivity index (χ3n) is 4.37. The van der Waals surface area contributed by atoms with Crippen molar-refractivity contribution < 1.29 is 0 Å². The second-order valence-electron chi connectivity index (χ2n) is 6.24. The summed E-state index contributed by atoms with van der Waals surface area (Å²) in [4.78, 5) is 0. The lowest BCUT2D eigenvalue weighted by Crippen LogP contribution is -2.15. The van der Waals surface area contributed by atoms with Crippen LogP contribution in [0.2, 0.25) is 0 Å². The lowest BCUT2D eigenvalue weighted by atomic mass is 9.77. The van der Waals surface area contributed by atoms with Gasteiger partial charge in [-0.15, -0.1) is 0 Å². The second kappa shape index (κ2) is 7.45. The summed E-state index contributed by atoms with van der Waals surface area (Å²) in [5.41, 5.74) is 4.35. The van der Waals surface area contributed by atoms with E-state index in [2.05, 4.69) is 82.3 Å². The number of hydrogen-bond acceptors (Lipinski definition) is 0. The molecule has 111 valence electrons. The molecule has 1 radical (unpaired) electrons. The van der Waals surface area contributed by atoms with Crippen LogP contribution < -0.4 is 0 Å². The molecule has 0 saturated carbocycles. The molecule has 0 aliphatic heterocycles. The van der Waals surface area contributed by atoms with E-state index in [1.54, 1.807) is 5.92 Å². The molecule has 2 rings (SSSR count). The Morgan fingerprint density at radius 1 is 0.857 bits per heavy atom. The van der Waals surface area contributed by atoms with Crippen LogP contribution in [0.25, 0.3) is 0 Å². The summed E-state index contributed by atoms with van der Waals surface area (Å²) < 4.78 is 0. The molecule has 0 nitrogen and oxygen atoms in total. The van der Waals surface area contributed by atoms with E-state index in [4.69, 9.17) is 0 Å². The molecule has 2 aromatic rings. The summed E-state index contributed by atoms with van der Waals surface area (Å²) in [5, 5.41) is 0. The average molecular weight is 279 g/mol. The van der Waals surface area contributed by atoms with E-state index in [1.807, 2.05) is 0 Å². The van der Waals surface area contributed by atoms with E-state index < -0.39 is 0 Å². The lowest BCUT2D eigenvalue weighted by Gasteiger charge is -2.26. The normalized spacial score (nSPS) is 12.9. The van der Waals surface area contributed by atoms with Crippen molar-refractivity contribution in [2.45, 2.75) is 46.5 Å². The first-order chi connectivity index (χ1) is 10.1. The molecule has 0 aliphatic rings. The summed E-state index contributed by atoms with van der Waals surface area (Å²) in [6, 6.07) is 19.8. The van der Waals surface area contributed by atoms with Gasteiger partial charge in [-0.3, -0.25) is 0 Å². The molecule has 0 heterocycles. The number of hydrogen-bond donors (Lipinski definition) is 0. The molecule has 0 saturated heterocycles. The minimum absolute atomic E-state index is 0.566. The number of rotatable bonds is 6. The van der Waals surface area contributed by atoms with Gasteiger partial charge >= 0.3 is 0 Å². The summed E-state index contributed by atoms with van der Waals surface area (Å²) in [6.45, 7) is 9.22. The monoisotopic (exact) mass is 279 g/mol. The fourth-order valence-corrected chi connectivity index (χ4v) is 2.89. The van der Waals surface area contributed by atoms with Gasteiger partial charge in [-0.2, -0.15) is 0 Å². The third-order valence-corrected chi connectivity index (χ3v) is 4.37. The lowest BCUT2D eigenvalue weighted by molar-refractivity contribution is 0.571. The van der Waals surface area contributed by atoms with Gasteiger partial charge in [-0.05, 0) is 34.9 Å². The van der Waals surface area contributed by atoms with Crippen molar-refractivity contribution in [3.8, 4) is 0 Å². The molecule has 1 unspecified atom stereocenters. The van der Waals surface area contributed by atoms with Gasteiger partial charge in [0.1, 0.15) is 0 Å². The van der Waals surface area contributed by atoms with Crippen LogP contribution in [0.1, 0.15) is 56.7 Å². The van der Waals surface area contributed by atoms with Gasteiger partial charge in [-0.25, -0.2) is 0 Å². The van der Waals surface area contributed by atoms with E-state index in [0.717, 1.165) is 6.42 Å². The van der Waals surface area contributed by atoms with Crippen LogP contribution in [0, 0.1) is 11.8 Å². The molecule has 0 heteroatoms. The third kappa shape index (κ3) is 3.97. The largest absolute Gasteiger partial charge is 0.0651 e. The summed E-state index contributed by atoms with van der Waals surface area (Å²) in [7, 11) is 0. The van der Waals surface area contributed by atoms with Crippen molar-refractivity contribution in [1.29, 1.82) is 0 Å². The zero-order valence-corrected chi connectivity index (χ0v) is 13.8. The maximum absolute atomic E-state index is 2.36. The molecule has 0 N–H and O–H groups in total.